The zero-order valence-electron chi connectivity index (χ0n) is 13.3. The molecule has 2 rings (SSSR count). The fourth-order valence-electron chi connectivity index (χ4n) is 2.89. The summed E-state index contributed by atoms with van der Waals surface area (Å²) in [6.07, 6.45) is 0.111. The third-order valence-electron chi connectivity index (χ3n) is 3.98. The molecular weight excluding hydrogens is 305 g/mol. The number of nitrogens with one attached hydrogen (secondary N) is 2. The minimum absolute atomic E-state index is 0.0750. The number of benzene rings is 1. The molecule has 0 saturated carbocycles. The summed E-state index contributed by atoms with van der Waals surface area (Å²) in [5.41, 5.74) is 0.861. The molecule has 23 heavy (non-hydrogen) atoms. The minimum atomic E-state index is -4.34. The minimum Gasteiger partial charge on any atom is -0.361 e. The standard InChI is InChI=1S/C17H21F3N2O/c1-3-4-12(7-8-21-11(2)23)15-10-22-16-9-13(17(18,19)20)5-6-14(15)16/h5-6,9-10,12,22H,3-4,7-8H2,1-2H3,(H,21,23). The highest BCUT2D eigenvalue weighted by atomic mass is 19.4. The van der Waals surface area contributed by atoms with Crippen LogP contribution in [0.4, 0.5) is 13.2 Å². The molecule has 0 aliphatic rings. The van der Waals surface area contributed by atoms with Gasteiger partial charge in [0.05, 0.1) is 5.56 Å². The maximum Gasteiger partial charge on any atom is 0.416 e. The topological polar surface area (TPSA) is 44.9 Å². The summed E-state index contributed by atoms with van der Waals surface area (Å²) < 4.78 is 38.4. The fourth-order valence-corrected chi connectivity index (χ4v) is 2.89. The summed E-state index contributed by atoms with van der Waals surface area (Å²) in [4.78, 5) is 13.9. The van der Waals surface area contributed by atoms with Crippen LogP contribution in [0, 0.1) is 0 Å². The lowest BCUT2D eigenvalue weighted by Crippen LogP contribution is -2.22. The van der Waals surface area contributed by atoms with E-state index < -0.39 is 11.7 Å². The number of hydrogen-bond acceptors (Lipinski definition) is 1. The van der Waals surface area contributed by atoms with Crippen molar-refractivity contribution >= 4 is 16.8 Å². The predicted octanol–water partition coefficient (Wildman–Crippen LogP) is 4.60. The normalized spacial score (nSPS) is 13.3. The Morgan fingerprint density at radius 3 is 2.65 bits per heavy atom. The molecule has 0 spiro atoms. The highest BCUT2D eigenvalue weighted by Gasteiger charge is 2.31. The molecule has 3 nitrogen and oxygen atoms in total. The number of fused-ring (bicyclic) bond motifs is 1. The third-order valence-corrected chi connectivity index (χ3v) is 3.98. The molecule has 1 atom stereocenters. The second kappa shape index (κ2) is 7.06. The summed E-state index contributed by atoms with van der Waals surface area (Å²) >= 11 is 0. The monoisotopic (exact) mass is 326 g/mol. The summed E-state index contributed by atoms with van der Waals surface area (Å²) in [7, 11) is 0. The van der Waals surface area contributed by atoms with Gasteiger partial charge in [-0.15, -0.1) is 0 Å². The Balaban J connectivity index is 2.27. The zero-order chi connectivity index (χ0) is 17.0. The SMILES string of the molecule is CCCC(CCNC(C)=O)c1c[nH]c2cc(C(F)(F)F)ccc12. The third kappa shape index (κ3) is 4.27. The number of carbonyl (C=O) groups is 1. The predicted molar refractivity (Wildman–Crippen MR) is 84.3 cm³/mol. The van der Waals surface area contributed by atoms with Crippen LogP contribution >= 0.6 is 0 Å². The van der Waals surface area contributed by atoms with Gasteiger partial charge in [-0.2, -0.15) is 13.2 Å². The lowest BCUT2D eigenvalue weighted by Gasteiger charge is -2.16. The number of H-pyrrole nitrogens is 1. The number of alkyl halides is 3. The van der Waals surface area contributed by atoms with E-state index in [-0.39, 0.29) is 11.8 Å². The van der Waals surface area contributed by atoms with Gasteiger partial charge in [0.1, 0.15) is 0 Å². The smallest absolute Gasteiger partial charge is 0.361 e. The molecule has 126 valence electrons. The maximum atomic E-state index is 12.8. The molecular formula is C17H21F3N2O. The van der Waals surface area contributed by atoms with Gasteiger partial charge in [-0.1, -0.05) is 19.4 Å². The second-order valence-corrected chi connectivity index (χ2v) is 5.76. The van der Waals surface area contributed by atoms with E-state index in [0.29, 0.717) is 12.1 Å². The largest absolute Gasteiger partial charge is 0.416 e. The van der Waals surface area contributed by atoms with Gasteiger partial charge < -0.3 is 10.3 Å². The molecule has 0 bridgehead atoms. The molecule has 6 heteroatoms. The van der Waals surface area contributed by atoms with Gasteiger partial charge in [-0.25, -0.2) is 0 Å². The molecule has 0 aliphatic heterocycles. The Labute approximate surface area is 133 Å². The van der Waals surface area contributed by atoms with E-state index in [2.05, 4.69) is 17.2 Å². The summed E-state index contributed by atoms with van der Waals surface area (Å²) in [5.74, 6) is 0.131. The number of amides is 1. The molecule has 0 saturated heterocycles. The van der Waals surface area contributed by atoms with Crippen molar-refractivity contribution < 1.29 is 18.0 Å². The van der Waals surface area contributed by atoms with Crippen molar-refractivity contribution in [3.8, 4) is 0 Å². The zero-order valence-corrected chi connectivity index (χ0v) is 13.3. The van der Waals surface area contributed by atoms with Crippen LogP contribution in [-0.4, -0.2) is 17.4 Å². The van der Waals surface area contributed by atoms with Crippen molar-refractivity contribution in [1.29, 1.82) is 0 Å². The van der Waals surface area contributed by atoms with Gasteiger partial charge >= 0.3 is 6.18 Å². The van der Waals surface area contributed by atoms with Crippen molar-refractivity contribution in [2.45, 2.75) is 45.2 Å². The Bertz CT molecular complexity index is 676. The average molecular weight is 326 g/mol. The van der Waals surface area contributed by atoms with Crippen LogP contribution in [0.5, 0.6) is 0 Å². The van der Waals surface area contributed by atoms with Gasteiger partial charge in [-0.05, 0) is 36.5 Å². The van der Waals surface area contributed by atoms with Crippen LogP contribution in [0.2, 0.25) is 0 Å². The molecule has 2 aromatic rings. The molecule has 0 radical (unpaired) electrons. The quantitative estimate of drug-likeness (QED) is 0.801. The van der Waals surface area contributed by atoms with Gasteiger partial charge in [0.25, 0.3) is 0 Å². The molecule has 1 aromatic heterocycles. The lowest BCUT2D eigenvalue weighted by atomic mass is 9.91. The number of carbonyl (C=O) groups excluding carboxylic acids is 1. The first kappa shape index (κ1) is 17.4. The van der Waals surface area contributed by atoms with E-state index >= 15 is 0 Å². The van der Waals surface area contributed by atoms with Gasteiger partial charge in [0.15, 0.2) is 0 Å². The Hall–Kier alpha value is -1.98. The second-order valence-electron chi connectivity index (χ2n) is 5.76. The van der Waals surface area contributed by atoms with E-state index in [1.807, 2.05) is 0 Å². The summed E-state index contributed by atoms with van der Waals surface area (Å²) in [5, 5.41) is 3.59. The highest BCUT2D eigenvalue weighted by molar-refractivity contribution is 5.84. The molecule has 0 fully saturated rings. The van der Waals surface area contributed by atoms with Gasteiger partial charge in [0, 0.05) is 30.6 Å². The van der Waals surface area contributed by atoms with Crippen LogP contribution in [0.15, 0.2) is 24.4 Å². The van der Waals surface area contributed by atoms with E-state index in [1.165, 1.54) is 13.0 Å². The molecule has 1 aromatic carbocycles. The van der Waals surface area contributed by atoms with Gasteiger partial charge in [0.2, 0.25) is 5.91 Å². The number of rotatable bonds is 6. The van der Waals surface area contributed by atoms with Crippen molar-refractivity contribution in [2.75, 3.05) is 6.54 Å². The first-order chi connectivity index (χ1) is 10.8. The van der Waals surface area contributed by atoms with Crippen molar-refractivity contribution in [1.82, 2.24) is 10.3 Å². The molecule has 0 aliphatic carbocycles. The van der Waals surface area contributed by atoms with Crippen LogP contribution in [0.3, 0.4) is 0 Å². The molecule has 1 unspecified atom stereocenters. The number of aromatic amines is 1. The summed E-state index contributed by atoms with van der Waals surface area (Å²) in [6.45, 7) is 4.11. The lowest BCUT2D eigenvalue weighted by molar-refractivity contribution is -0.137. The number of aromatic nitrogens is 1. The molecule has 1 heterocycles. The van der Waals surface area contributed by atoms with E-state index in [1.54, 1.807) is 6.20 Å². The molecule has 2 N–H and O–H groups in total. The van der Waals surface area contributed by atoms with E-state index in [0.717, 1.165) is 42.3 Å². The Morgan fingerprint density at radius 1 is 1.30 bits per heavy atom. The van der Waals surface area contributed by atoms with Crippen LogP contribution in [-0.2, 0) is 11.0 Å². The Morgan fingerprint density at radius 2 is 2.04 bits per heavy atom. The number of hydrogen-bond donors (Lipinski definition) is 2. The fraction of sp³-hybridized carbons (Fsp3) is 0.471. The Kier molecular flexibility index (Phi) is 5.34. The molecule has 1 amide bonds. The van der Waals surface area contributed by atoms with Crippen LogP contribution < -0.4 is 5.32 Å². The van der Waals surface area contributed by atoms with Crippen molar-refractivity contribution in [3.05, 3.63) is 35.5 Å². The average Bonchev–Trinajstić information content (AvgIpc) is 2.88. The summed E-state index contributed by atoms with van der Waals surface area (Å²) in [6, 6.07) is 3.80. The van der Waals surface area contributed by atoms with Gasteiger partial charge in [-0.3, -0.25) is 4.79 Å². The van der Waals surface area contributed by atoms with Crippen molar-refractivity contribution in [2.24, 2.45) is 0 Å². The van der Waals surface area contributed by atoms with Crippen LogP contribution in [0.25, 0.3) is 10.9 Å². The van der Waals surface area contributed by atoms with E-state index in [4.69, 9.17) is 0 Å². The first-order valence-corrected chi connectivity index (χ1v) is 7.75. The maximum absolute atomic E-state index is 12.8. The highest BCUT2D eigenvalue weighted by Crippen LogP contribution is 2.35. The van der Waals surface area contributed by atoms with Crippen molar-refractivity contribution in [3.63, 3.8) is 0 Å². The first-order valence-electron chi connectivity index (χ1n) is 7.75. The number of halogens is 3. The van der Waals surface area contributed by atoms with Crippen LogP contribution in [0.1, 0.15) is 50.2 Å². The van der Waals surface area contributed by atoms with E-state index in [9.17, 15) is 18.0 Å².